The van der Waals surface area contributed by atoms with E-state index >= 15 is 0 Å². The molecule has 0 aromatic heterocycles. The van der Waals surface area contributed by atoms with E-state index in [1.165, 1.54) is 0 Å². The maximum atomic E-state index is 12.9. The SMILES string of the molecule is CC1=C(CCCl)[C@@H]2NC(=O)C2([C@@H](O)C2C=CCCC2)[Se]1=O. The van der Waals surface area contributed by atoms with Gasteiger partial charge < -0.3 is 0 Å². The van der Waals surface area contributed by atoms with Crippen LogP contribution in [-0.4, -0.2) is 42.9 Å². The predicted octanol–water partition coefficient (Wildman–Crippen LogP) is 1.86. The molecule has 0 saturated carbocycles. The molecule has 3 rings (SSSR count). The van der Waals surface area contributed by atoms with Gasteiger partial charge in [-0.3, -0.25) is 0 Å². The molecule has 0 aromatic carbocycles. The minimum atomic E-state index is -2.59. The third-order valence-electron chi connectivity index (χ3n) is 4.95. The number of carbonyl (C=O) groups is 1. The van der Waals surface area contributed by atoms with Crippen LogP contribution < -0.4 is 5.32 Å². The van der Waals surface area contributed by atoms with Crippen LogP contribution in [0.2, 0.25) is 4.31 Å². The van der Waals surface area contributed by atoms with Gasteiger partial charge in [-0.25, -0.2) is 0 Å². The second kappa shape index (κ2) is 5.62. The van der Waals surface area contributed by atoms with Crippen LogP contribution in [0.5, 0.6) is 0 Å². The van der Waals surface area contributed by atoms with Crippen molar-refractivity contribution >= 4 is 31.3 Å². The van der Waals surface area contributed by atoms with Crippen LogP contribution in [0, 0.1) is 5.92 Å². The molecule has 1 saturated heterocycles. The fourth-order valence-electron chi connectivity index (χ4n) is 3.77. The van der Waals surface area contributed by atoms with Crippen LogP contribution in [0.3, 0.4) is 0 Å². The molecule has 0 spiro atoms. The zero-order valence-corrected chi connectivity index (χ0v) is 14.4. The Labute approximate surface area is 133 Å². The molecule has 6 heteroatoms. The number of alkyl halides is 1. The Hall–Kier alpha value is -0.481. The number of aliphatic hydroxyl groups is 1. The summed E-state index contributed by atoms with van der Waals surface area (Å²) in [6.45, 7) is 1.83. The molecule has 0 aromatic rings. The van der Waals surface area contributed by atoms with Crippen LogP contribution in [0.25, 0.3) is 0 Å². The van der Waals surface area contributed by atoms with Crippen molar-refractivity contribution in [2.75, 3.05) is 5.88 Å². The molecule has 21 heavy (non-hydrogen) atoms. The average molecular weight is 377 g/mol. The zero-order chi connectivity index (χ0) is 15.2. The van der Waals surface area contributed by atoms with Gasteiger partial charge in [-0.05, 0) is 0 Å². The van der Waals surface area contributed by atoms with Crippen molar-refractivity contribution in [3.8, 4) is 0 Å². The molecule has 1 aliphatic carbocycles. The van der Waals surface area contributed by atoms with Crippen molar-refractivity contribution < 1.29 is 13.7 Å². The third kappa shape index (κ3) is 2.02. The summed E-state index contributed by atoms with van der Waals surface area (Å²) >= 11 is 3.25. The first-order chi connectivity index (χ1) is 10.0. The van der Waals surface area contributed by atoms with Crippen LogP contribution in [0.1, 0.15) is 32.6 Å². The monoisotopic (exact) mass is 377 g/mol. The first-order valence-corrected chi connectivity index (χ1v) is 10.3. The number of hydrogen-bond donors (Lipinski definition) is 2. The van der Waals surface area contributed by atoms with Gasteiger partial charge in [0.1, 0.15) is 0 Å². The topological polar surface area (TPSA) is 66.4 Å². The normalized spacial score (nSPS) is 39.8. The zero-order valence-electron chi connectivity index (χ0n) is 12.0. The Balaban J connectivity index is 1.96. The van der Waals surface area contributed by atoms with Gasteiger partial charge in [-0.15, -0.1) is 0 Å². The van der Waals surface area contributed by atoms with Gasteiger partial charge in [-0.1, -0.05) is 0 Å². The summed E-state index contributed by atoms with van der Waals surface area (Å²) in [4.78, 5) is 12.3. The molecule has 0 bridgehead atoms. The van der Waals surface area contributed by atoms with Crippen LogP contribution in [0.15, 0.2) is 22.2 Å². The number of hydrogen-bond acceptors (Lipinski definition) is 3. The number of nitrogens with one attached hydrogen (secondary N) is 1. The number of allylic oxidation sites excluding steroid dienone is 2. The van der Waals surface area contributed by atoms with Crippen molar-refractivity contribution in [3.05, 3.63) is 22.2 Å². The summed E-state index contributed by atoms with van der Waals surface area (Å²) in [6.07, 6.45) is 6.66. The maximum absolute atomic E-state index is 12.9. The number of β-lactam (4-membered cyclic amide) rings is 1. The van der Waals surface area contributed by atoms with E-state index in [1.807, 2.05) is 19.1 Å². The summed E-state index contributed by atoms with van der Waals surface area (Å²) in [7, 11) is 0. The van der Waals surface area contributed by atoms with E-state index in [1.54, 1.807) is 0 Å². The molecule has 2 heterocycles. The third-order valence-corrected chi connectivity index (χ3v) is 9.53. The van der Waals surface area contributed by atoms with E-state index in [4.69, 9.17) is 11.6 Å². The predicted molar refractivity (Wildman–Crippen MR) is 81.6 cm³/mol. The first kappa shape index (κ1) is 15.4. The molecule has 2 N–H and O–H groups in total. The van der Waals surface area contributed by atoms with E-state index < -0.39 is 24.3 Å². The molecule has 1 amide bonds. The van der Waals surface area contributed by atoms with Crippen LogP contribution in [0.4, 0.5) is 0 Å². The van der Waals surface area contributed by atoms with Crippen molar-refractivity contribution in [2.24, 2.45) is 5.92 Å². The molecular formula is C15H20ClNO3Se. The molecule has 4 nitrogen and oxygen atoms in total. The van der Waals surface area contributed by atoms with Gasteiger partial charge in [0.25, 0.3) is 0 Å². The summed E-state index contributed by atoms with van der Waals surface area (Å²) in [5.74, 6) is 0.117. The number of aliphatic hydroxyl groups excluding tert-OH is 1. The van der Waals surface area contributed by atoms with E-state index in [2.05, 4.69) is 5.32 Å². The quantitative estimate of drug-likeness (QED) is 0.341. The standard InChI is InChI=1S/C15H20ClNO3Se/c1-9-11(7-8-16)12-15(21(9)20,14(19)17-12)13(18)10-5-3-2-4-6-10/h3,5,10,12-13,18H,2,4,6-8H2,1H3,(H,17,19)/t10?,12-,13-,15?,21?/m0/s1. The Morgan fingerprint density at radius 3 is 2.95 bits per heavy atom. The fourth-order valence-corrected chi connectivity index (χ4v) is 8.18. The molecule has 116 valence electrons. The van der Waals surface area contributed by atoms with E-state index in [0.29, 0.717) is 12.3 Å². The number of carbonyl (C=O) groups excluding carboxylic acids is 1. The van der Waals surface area contributed by atoms with Gasteiger partial charge in [0.05, 0.1) is 0 Å². The second-order valence-electron chi connectivity index (χ2n) is 5.96. The number of fused-ring (bicyclic) bond motifs is 1. The Kier molecular flexibility index (Phi) is 4.12. The molecule has 0 radical (unpaired) electrons. The number of rotatable bonds is 4. The van der Waals surface area contributed by atoms with Gasteiger partial charge in [0, 0.05) is 0 Å². The minimum absolute atomic E-state index is 0.0735. The van der Waals surface area contributed by atoms with Crippen LogP contribution >= 0.6 is 11.6 Å². The van der Waals surface area contributed by atoms with Gasteiger partial charge >= 0.3 is 133 Å². The van der Waals surface area contributed by atoms with Gasteiger partial charge in [0.2, 0.25) is 0 Å². The molecule has 2 aliphatic heterocycles. The Morgan fingerprint density at radius 2 is 2.38 bits per heavy atom. The number of amides is 1. The van der Waals surface area contributed by atoms with Crippen molar-refractivity contribution in [2.45, 2.75) is 49.1 Å². The molecule has 5 atom stereocenters. The molecule has 3 unspecified atom stereocenters. The van der Waals surface area contributed by atoms with Gasteiger partial charge in [0.15, 0.2) is 0 Å². The summed E-state index contributed by atoms with van der Waals surface area (Å²) < 4.78 is 12.6. The fraction of sp³-hybridized carbons (Fsp3) is 0.667. The second-order valence-corrected chi connectivity index (χ2v) is 10.2. The first-order valence-electron chi connectivity index (χ1n) is 7.38. The van der Waals surface area contributed by atoms with Crippen molar-refractivity contribution in [3.63, 3.8) is 0 Å². The average Bonchev–Trinajstić information content (AvgIpc) is 2.66. The molecule has 1 fully saturated rings. The van der Waals surface area contributed by atoms with E-state index in [9.17, 15) is 13.7 Å². The van der Waals surface area contributed by atoms with Crippen molar-refractivity contribution in [1.29, 1.82) is 0 Å². The molecular weight excluding hydrogens is 357 g/mol. The van der Waals surface area contributed by atoms with E-state index in [0.717, 1.165) is 29.3 Å². The summed E-state index contributed by atoms with van der Waals surface area (Å²) in [5, 5.41) is 13.7. The number of halogens is 1. The summed E-state index contributed by atoms with van der Waals surface area (Å²) in [6, 6.07) is -0.281. The van der Waals surface area contributed by atoms with Gasteiger partial charge in [-0.2, -0.15) is 0 Å². The summed E-state index contributed by atoms with van der Waals surface area (Å²) in [5.41, 5.74) is 0.975. The van der Waals surface area contributed by atoms with Crippen molar-refractivity contribution in [1.82, 2.24) is 5.32 Å². The van der Waals surface area contributed by atoms with Crippen LogP contribution in [-0.2, 0) is 8.63 Å². The molecule has 3 aliphatic rings. The van der Waals surface area contributed by atoms with E-state index in [-0.39, 0.29) is 17.9 Å². The Morgan fingerprint density at radius 1 is 1.62 bits per heavy atom. The Bertz CT molecular complexity index is 559.